The molecule has 3 nitrogen and oxygen atoms in total. The first kappa shape index (κ1) is 13.2. The summed E-state index contributed by atoms with van der Waals surface area (Å²) in [6, 6.07) is 4.45. The fourth-order valence-electron chi connectivity index (χ4n) is 4.73. The van der Waals surface area contributed by atoms with Crippen molar-refractivity contribution in [1.29, 1.82) is 0 Å². The normalized spacial score (nSPS) is 30.5. The molecule has 2 atom stereocenters. The molecule has 1 aromatic carbocycles. The number of hydrogen-bond acceptors (Lipinski definition) is 3. The van der Waals surface area contributed by atoms with Crippen LogP contribution >= 0.6 is 0 Å². The van der Waals surface area contributed by atoms with Crippen LogP contribution in [0.5, 0.6) is 11.5 Å². The van der Waals surface area contributed by atoms with Gasteiger partial charge in [0.15, 0.2) is 11.5 Å². The molecular weight excluding hydrogens is 262 g/mol. The Morgan fingerprint density at radius 1 is 1.14 bits per heavy atom. The van der Waals surface area contributed by atoms with Gasteiger partial charge < -0.3 is 9.47 Å². The van der Waals surface area contributed by atoms with Crippen molar-refractivity contribution in [1.82, 2.24) is 4.90 Å². The number of methoxy groups -OCH3 is 2. The standard InChI is InChI=1S/C18H23NO2/c1-20-16-11-13-6-9-19-10-7-14-5-3-4-8-18(14,19)15(13)12-17(16)21-2/h3,5,11-12,14H,4,6-10H2,1-2H3/t14-,18-/m0/s1. The highest BCUT2D eigenvalue weighted by atomic mass is 16.5. The Morgan fingerprint density at radius 2 is 1.95 bits per heavy atom. The zero-order valence-corrected chi connectivity index (χ0v) is 12.9. The van der Waals surface area contributed by atoms with Crippen molar-refractivity contribution in [3.63, 3.8) is 0 Å². The second kappa shape index (κ2) is 4.77. The Morgan fingerprint density at radius 3 is 2.76 bits per heavy atom. The summed E-state index contributed by atoms with van der Waals surface area (Å²) in [4.78, 5) is 2.72. The molecule has 0 bridgehead atoms. The molecule has 2 heterocycles. The molecule has 1 spiro atoms. The molecule has 1 aliphatic carbocycles. The predicted octanol–water partition coefficient (Wildman–Crippen LogP) is 3.13. The second-order valence-electron chi connectivity index (χ2n) is 6.39. The van der Waals surface area contributed by atoms with Gasteiger partial charge in [0.05, 0.1) is 19.8 Å². The van der Waals surface area contributed by atoms with Gasteiger partial charge in [-0.15, -0.1) is 0 Å². The minimum atomic E-state index is 0.210. The Labute approximate surface area is 126 Å². The van der Waals surface area contributed by atoms with Crippen LogP contribution < -0.4 is 9.47 Å². The molecule has 0 aromatic heterocycles. The lowest BCUT2D eigenvalue weighted by molar-refractivity contribution is 0.0864. The summed E-state index contributed by atoms with van der Waals surface area (Å²) in [5, 5.41) is 0. The van der Waals surface area contributed by atoms with Gasteiger partial charge in [0, 0.05) is 12.5 Å². The van der Waals surface area contributed by atoms with E-state index in [4.69, 9.17) is 9.47 Å². The second-order valence-corrected chi connectivity index (χ2v) is 6.39. The van der Waals surface area contributed by atoms with Gasteiger partial charge >= 0.3 is 0 Å². The highest BCUT2D eigenvalue weighted by Gasteiger charge is 2.52. The Hall–Kier alpha value is -1.48. The third kappa shape index (κ3) is 1.70. The minimum Gasteiger partial charge on any atom is -0.493 e. The fourth-order valence-corrected chi connectivity index (χ4v) is 4.73. The molecular formula is C18H23NO2. The molecule has 3 heteroatoms. The zero-order chi connectivity index (χ0) is 14.4. The Balaban J connectivity index is 1.91. The summed E-state index contributed by atoms with van der Waals surface area (Å²) in [5.74, 6) is 2.39. The van der Waals surface area contributed by atoms with Gasteiger partial charge in [0.1, 0.15) is 0 Å². The minimum absolute atomic E-state index is 0.210. The average molecular weight is 285 g/mol. The van der Waals surface area contributed by atoms with Gasteiger partial charge in [-0.05, 0) is 55.5 Å². The van der Waals surface area contributed by atoms with E-state index in [1.54, 1.807) is 14.2 Å². The van der Waals surface area contributed by atoms with Crippen molar-refractivity contribution in [2.24, 2.45) is 5.92 Å². The summed E-state index contributed by atoms with van der Waals surface area (Å²) in [6.07, 6.45) is 9.64. The molecule has 0 amide bonds. The summed E-state index contributed by atoms with van der Waals surface area (Å²) in [5.41, 5.74) is 3.14. The van der Waals surface area contributed by atoms with E-state index in [2.05, 4.69) is 29.2 Å². The van der Waals surface area contributed by atoms with Crippen molar-refractivity contribution >= 4 is 0 Å². The summed E-state index contributed by atoms with van der Waals surface area (Å²) in [6.45, 7) is 2.40. The van der Waals surface area contributed by atoms with E-state index in [-0.39, 0.29) is 5.54 Å². The van der Waals surface area contributed by atoms with Crippen LogP contribution in [0.2, 0.25) is 0 Å². The molecule has 4 rings (SSSR count). The topological polar surface area (TPSA) is 21.7 Å². The van der Waals surface area contributed by atoms with E-state index in [0.29, 0.717) is 5.92 Å². The van der Waals surface area contributed by atoms with Crippen LogP contribution in [0.3, 0.4) is 0 Å². The Kier molecular flexibility index (Phi) is 3.00. The third-order valence-electron chi connectivity index (χ3n) is 5.68. The van der Waals surface area contributed by atoms with Crippen LogP contribution in [0, 0.1) is 5.92 Å². The van der Waals surface area contributed by atoms with E-state index in [1.807, 2.05) is 0 Å². The number of nitrogens with zero attached hydrogens (tertiary/aromatic N) is 1. The average Bonchev–Trinajstić information content (AvgIpc) is 2.93. The van der Waals surface area contributed by atoms with E-state index in [0.717, 1.165) is 17.9 Å². The molecule has 0 N–H and O–H groups in total. The SMILES string of the molecule is COc1cc2c(cc1OC)[C@]13CCC=C[C@H]1CCN3CC2. The largest absolute Gasteiger partial charge is 0.493 e. The lowest BCUT2D eigenvalue weighted by Gasteiger charge is -2.48. The monoisotopic (exact) mass is 285 g/mol. The molecule has 2 aliphatic heterocycles. The van der Waals surface area contributed by atoms with E-state index >= 15 is 0 Å². The lowest BCUT2D eigenvalue weighted by atomic mass is 9.69. The summed E-state index contributed by atoms with van der Waals surface area (Å²) < 4.78 is 11.1. The van der Waals surface area contributed by atoms with Gasteiger partial charge in [-0.25, -0.2) is 0 Å². The third-order valence-corrected chi connectivity index (χ3v) is 5.68. The first-order valence-corrected chi connectivity index (χ1v) is 7.96. The first-order chi connectivity index (χ1) is 10.3. The van der Waals surface area contributed by atoms with Crippen LogP contribution in [0.1, 0.15) is 30.4 Å². The number of benzene rings is 1. The predicted molar refractivity (Wildman–Crippen MR) is 83.0 cm³/mol. The van der Waals surface area contributed by atoms with Crippen LogP contribution in [0.15, 0.2) is 24.3 Å². The number of rotatable bonds is 2. The van der Waals surface area contributed by atoms with E-state index in [1.165, 1.54) is 43.5 Å². The number of hydrogen-bond donors (Lipinski definition) is 0. The molecule has 1 saturated heterocycles. The fraction of sp³-hybridized carbons (Fsp3) is 0.556. The molecule has 1 aromatic rings. The van der Waals surface area contributed by atoms with E-state index < -0.39 is 0 Å². The molecule has 21 heavy (non-hydrogen) atoms. The Bertz CT molecular complexity index is 595. The van der Waals surface area contributed by atoms with Crippen molar-refractivity contribution in [3.05, 3.63) is 35.4 Å². The van der Waals surface area contributed by atoms with Crippen molar-refractivity contribution < 1.29 is 9.47 Å². The van der Waals surface area contributed by atoms with Gasteiger partial charge in [-0.3, -0.25) is 4.90 Å². The lowest BCUT2D eigenvalue weighted by Crippen LogP contribution is -2.50. The van der Waals surface area contributed by atoms with Crippen LogP contribution in [0.25, 0.3) is 0 Å². The molecule has 112 valence electrons. The van der Waals surface area contributed by atoms with Crippen LogP contribution in [0.4, 0.5) is 0 Å². The maximum Gasteiger partial charge on any atom is 0.161 e. The van der Waals surface area contributed by atoms with Gasteiger partial charge in [-0.2, -0.15) is 0 Å². The highest BCUT2D eigenvalue weighted by molar-refractivity contribution is 5.52. The first-order valence-electron chi connectivity index (χ1n) is 7.96. The molecule has 0 saturated carbocycles. The molecule has 0 unspecified atom stereocenters. The zero-order valence-electron chi connectivity index (χ0n) is 12.9. The summed E-state index contributed by atoms with van der Waals surface area (Å²) >= 11 is 0. The van der Waals surface area contributed by atoms with Gasteiger partial charge in [0.25, 0.3) is 0 Å². The van der Waals surface area contributed by atoms with Crippen LogP contribution in [-0.4, -0.2) is 32.2 Å². The smallest absolute Gasteiger partial charge is 0.161 e. The van der Waals surface area contributed by atoms with Crippen molar-refractivity contribution in [2.75, 3.05) is 27.3 Å². The number of fused-ring (bicyclic) bond motifs is 1. The summed E-state index contributed by atoms with van der Waals surface area (Å²) in [7, 11) is 3.45. The maximum atomic E-state index is 5.57. The quantitative estimate of drug-likeness (QED) is 0.779. The molecule has 3 aliphatic rings. The van der Waals surface area contributed by atoms with E-state index in [9.17, 15) is 0 Å². The van der Waals surface area contributed by atoms with Gasteiger partial charge in [0.2, 0.25) is 0 Å². The molecule has 0 radical (unpaired) electrons. The van der Waals surface area contributed by atoms with Crippen LogP contribution in [-0.2, 0) is 12.0 Å². The molecule has 1 fully saturated rings. The maximum absolute atomic E-state index is 5.57. The highest BCUT2D eigenvalue weighted by Crippen LogP contribution is 2.54. The van der Waals surface area contributed by atoms with Crippen molar-refractivity contribution in [3.8, 4) is 11.5 Å². The van der Waals surface area contributed by atoms with Gasteiger partial charge in [-0.1, -0.05) is 12.2 Å². The number of ether oxygens (including phenoxy) is 2. The van der Waals surface area contributed by atoms with Crippen molar-refractivity contribution in [2.45, 2.75) is 31.2 Å². The number of allylic oxidation sites excluding steroid dienone is 1.